The molecule has 1 aliphatic heterocycles. The molecular weight excluding hydrogens is 238 g/mol. The maximum absolute atomic E-state index is 3.93. The highest BCUT2D eigenvalue weighted by atomic mass is 32.2. The smallest absolute Gasteiger partial charge is 0.0417 e. The summed E-state index contributed by atoms with van der Waals surface area (Å²) >= 11 is 2.07. The van der Waals surface area contributed by atoms with Gasteiger partial charge in [0, 0.05) is 23.6 Å². The predicted molar refractivity (Wildman–Crippen MR) is 79.8 cm³/mol. The van der Waals surface area contributed by atoms with Crippen molar-refractivity contribution in [2.45, 2.75) is 44.5 Å². The molecule has 1 saturated carbocycles. The zero-order valence-electron chi connectivity index (χ0n) is 11.4. The van der Waals surface area contributed by atoms with Crippen molar-refractivity contribution in [1.29, 1.82) is 0 Å². The molecule has 4 unspecified atom stereocenters. The first-order chi connectivity index (χ1) is 8.75. The summed E-state index contributed by atoms with van der Waals surface area (Å²) in [6.45, 7) is 4.81. The van der Waals surface area contributed by atoms with Crippen LogP contribution in [0.1, 0.15) is 43.9 Å². The highest BCUT2D eigenvalue weighted by Gasteiger charge is 2.32. The molecule has 1 aliphatic carbocycles. The lowest BCUT2D eigenvalue weighted by Gasteiger charge is -2.31. The fraction of sp³-hybridized carbons (Fsp3) is 0.625. The molecule has 1 heterocycles. The second-order valence-corrected chi connectivity index (χ2v) is 6.98. The molecule has 0 amide bonds. The van der Waals surface area contributed by atoms with Crippen molar-refractivity contribution in [1.82, 2.24) is 5.32 Å². The van der Waals surface area contributed by atoms with Crippen LogP contribution in [0.4, 0.5) is 0 Å². The summed E-state index contributed by atoms with van der Waals surface area (Å²) in [5.74, 6) is 4.12. The molecule has 0 aromatic heterocycles. The van der Waals surface area contributed by atoms with Crippen LogP contribution >= 0.6 is 11.8 Å². The Hall–Kier alpha value is -0.470. The van der Waals surface area contributed by atoms with Gasteiger partial charge in [0.2, 0.25) is 0 Å². The third-order valence-electron chi connectivity index (χ3n) is 4.85. The Kier molecular flexibility index (Phi) is 3.67. The first-order valence-corrected chi connectivity index (χ1v) is 8.33. The maximum atomic E-state index is 3.93. The minimum Gasteiger partial charge on any atom is -0.306 e. The molecule has 2 heteroatoms. The van der Waals surface area contributed by atoms with Gasteiger partial charge in [-0.05, 0) is 35.8 Å². The Morgan fingerprint density at radius 3 is 2.78 bits per heavy atom. The second kappa shape index (κ2) is 5.26. The van der Waals surface area contributed by atoms with Gasteiger partial charge in [-0.25, -0.2) is 0 Å². The zero-order chi connectivity index (χ0) is 12.5. The second-order valence-electron chi connectivity index (χ2n) is 5.95. The molecule has 0 radical (unpaired) electrons. The van der Waals surface area contributed by atoms with Crippen LogP contribution in [0, 0.1) is 11.8 Å². The highest BCUT2D eigenvalue weighted by molar-refractivity contribution is 7.98. The molecule has 0 spiro atoms. The third-order valence-corrected chi connectivity index (χ3v) is 5.94. The van der Waals surface area contributed by atoms with Gasteiger partial charge >= 0.3 is 0 Å². The van der Waals surface area contributed by atoms with Crippen LogP contribution in [0.15, 0.2) is 24.3 Å². The van der Waals surface area contributed by atoms with Crippen LogP contribution in [-0.4, -0.2) is 11.8 Å². The van der Waals surface area contributed by atoms with Gasteiger partial charge in [-0.3, -0.25) is 0 Å². The predicted octanol–water partition coefficient (Wildman–Crippen LogP) is 4.00. The standard InChI is InChI=1S/C16H23NS/c1-11-7-8-15(12(11)2)17-16-10-18-9-13-5-3-4-6-14(13)16/h3-6,11-12,15-17H,7-10H2,1-2H3. The monoisotopic (exact) mass is 261 g/mol. The molecule has 18 heavy (non-hydrogen) atoms. The number of fused-ring (bicyclic) bond motifs is 1. The summed E-state index contributed by atoms with van der Waals surface area (Å²) in [7, 11) is 0. The molecule has 1 aromatic carbocycles. The van der Waals surface area contributed by atoms with E-state index in [9.17, 15) is 0 Å². The van der Waals surface area contributed by atoms with Crippen molar-refractivity contribution in [3.8, 4) is 0 Å². The van der Waals surface area contributed by atoms with Crippen LogP contribution in [0.25, 0.3) is 0 Å². The van der Waals surface area contributed by atoms with Crippen molar-refractivity contribution in [3.63, 3.8) is 0 Å². The molecule has 0 bridgehead atoms. The minimum atomic E-state index is 0.567. The molecule has 1 nitrogen and oxygen atoms in total. The maximum Gasteiger partial charge on any atom is 0.0417 e. The average Bonchev–Trinajstić information content (AvgIpc) is 2.71. The van der Waals surface area contributed by atoms with E-state index < -0.39 is 0 Å². The largest absolute Gasteiger partial charge is 0.306 e. The Morgan fingerprint density at radius 2 is 2.00 bits per heavy atom. The Balaban J connectivity index is 1.75. The van der Waals surface area contributed by atoms with Gasteiger partial charge in [-0.15, -0.1) is 0 Å². The lowest BCUT2D eigenvalue weighted by molar-refractivity contribution is 0.348. The zero-order valence-corrected chi connectivity index (χ0v) is 12.2. The fourth-order valence-corrected chi connectivity index (χ4v) is 4.49. The van der Waals surface area contributed by atoms with Crippen molar-refractivity contribution < 1.29 is 0 Å². The summed E-state index contributed by atoms with van der Waals surface area (Å²) in [6, 6.07) is 10.2. The molecule has 1 fully saturated rings. The van der Waals surface area contributed by atoms with Gasteiger partial charge in [-0.1, -0.05) is 38.1 Å². The Bertz CT molecular complexity index is 417. The van der Waals surface area contributed by atoms with Crippen LogP contribution in [0.5, 0.6) is 0 Å². The first kappa shape index (κ1) is 12.6. The van der Waals surface area contributed by atoms with Gasteiger partial charge in [0.15, 0.2) is 0 Å². The van der Waals surface area contributed by atoms with E-state index in [4.69, 9.17) is 0 Å². The molecule has 4 atom stereocenters. The van der Waals surface area contributed by atoms with E-state index in [1.54, 1.807) is 5.56 Å². The van der Waals surface area contributed by atoms with Crippen molar-refractivity contribution in [2.24, 2.45) is 11.8 Å². The summed E-state index contributed by atoms with van der Waals surface area (Å²) in [5.41, 5.74) is 3.08. The van der Waals surface area contributed by atoms with Crippen LogP contribution in [0.3, 0.4) is 0 Å². The van der Waals surface area contributed by atoms with E-state index in [2.05, 4.69) is 55.2 Å². The molecule has 2 aliphatic rings. The van der Waals surface area contributed by atoms with E-state index in [0.717, 1.165) is 17.9 Å². The number of rotatable bonds is 2. The fourth-order valence-electron chi connectivity index (χ4n) is 3.38. The van der Waals surface area contributed by atoms with Gasteiger partial charge < -0.3 is 5.32 Å². The number of benzene rings is 1. The van der Waals surface area contributed by atoms with E-state index in [-0.39, 0.29) is 0 Å². The van der Waals surface area contributed by atoms with E-state index in [1.165, 1.54) is 29.9 Å². The first-order valence-electron chi connectivity index (χ1n) is 7.17. The van der Waals surface area contributed by atoms with E-state index in [0.29, 0.717) is 6.04 Å². The SMILES string of the molecule is CC1CCC(NC2CSCc3ccccc32)C1C. The Morgan fingerprint density at radius 1 is 1.17 bits per heavy atom. The molecule has 1 aromatic rings. The molecule has 98 valence electrons. The quantitative estimate of drug-likeness (QED) is 0.863. The normalized spacial score (nSPS) is 35.4. The lowest BCUT2D eigenvalue weighted by atomic mass is 9.95. The van der Waals surface area contributed by atoms with E-state index >= 15 is 0 Å². The average molecular weight is 261 g/mol. The van der Waals surface area contributed by atoms with E-state index in [1.807, 2.05) is 0 Å². The topological polar surface area (TPSA) is 12.0 Å². The number of hydrogen-bond acceptors (Lipinski definition) is 2. The van der Waals surface area contributed by atoms with Crippen LogP contribution in [0.2, 0.25) is 0 Å². The molecule has 0 saturated heterocycles. The third kappa shape index (κ3) is 2.33. The van der Waals surface area contributed by atoms with Gasteiger partial charge in [0.25, 0.3) is 0 Å². The van der Waals surface area contributed by atoms with Gasteiger partial charge in [0.05, 0.1) is 0 Å². The number of thioether (sulfide) groups is 1. The number of hydrogen-bond donors (Lipinski definition) is 1. The van der Waals surface area contributed by atoms with Crippen molar-refractivity contribution in [3.05, 3.63) is 35.4 Å². The van der Waals surface area contributed by atoms with Crippen molar-refractivity contribution in [2.75, 3.05) is 5.75 Å². The summed E-state index contributed by atoms with van der Waals surface area (Å²) in [6.07, 6.45) is 2.74. The van der Waals surface area contributed by atoms with Crippen LogP contribution < -0.4 is 5.32 Å². The Labute approximate surface area is 115 Å². The summed E-state index contributed by atoms with van der Waals surface area (Å²) in [5, 5.41) is 3.93. The molecule has 3 rings (SSSR count). The summed E-state index contributed by atoms with van der Waals surface area (Å²) in [4.78, 5) is 0. The summed E-state index contributed by atoms with van der Waals surface area (Å²) < 4.78 is 0. The van der Waals surface area contributed by atoms with Crippen molar-refractivity contribution >= 4 is 11.8 Å². The van der Waals surface area contributed by atoms with Gasteiger partial charge in [0.1, 0.15) is 0 Å². The lowest BCUT2D eigenvalue weighted by Crippen LogP contribution is -2.38. The molecule has 1 N–H and O–H groups in total. The number of nitrogens with one attached hydrogen (secondary N) is 1. The van der Waals surface area contributed by atoms with Crippen LogP contribution in [-0.2, 0) is 5.75 Å². The molecular formula is C16H23NS. The highest BCUT2D eigenvalue weighted by Crippen LogP contribution is 2.36. The minimum absolute atomic E-state index is 0.567. The van der Waals surface area contributed by atoms with Gasteiger partial charge in [-0.2, -0.15) is 11.8 Å².